The quantitative estimate of drug-likeness (QED) is 0.917. The molecule has 0 unspecified atom stereocenters. The third-order valence-corrected chi connectivity index (χ3v) is 3.29. The van der Waals surface area contributed by atoms with Gasteiger partial charge in [-0.3, -0.25) is 0 Å². The molecule has 0 aliphatic rings. The third kappa shape index (κ3) is 3.33. The minimum Gasteiger partial charge on any atom is -0.438 e. The van der Waals surface area contributed by atoms with Crippen LogP contribution < -0.4 is 10.5 Å². The molecule has 3 nitrogen and oxygen atoms in total. The van der Waals surface area contributed by atoms with E-state index in [1.807, 2.05) is 24.3 Å². The molecule has 0 fully saturated rings. The Kier molecular flexibility index (Phi) is 4.56. The number of rotatable bonds is 4. The van der Waals surface area contributed by atoms with Crippen molar-refractivity contribution in [3.63, 3.8) is 0 Å². The number of para-hydroxylation sites is 1. The maximum atomic E-state index is 5.94. The smallest absolute Gasteiger partial charge is 0.223 e. The summed E-state index contributed by atoms with van der Waals surface area (Å²) in [6.45, 7) is 4.67. The van der Waals surface area contributed by atoms with Crippen LogP contribution in [0.4, 0.5) is 0 Å². The van der Waals surface area contributed by atoms with Crippen molar-refractivity contribution >= 4 is 15.9 Å². The van der Waals surface area contributed by atoms with Crippen LogP contribution in [0.1, 0.15) is 30.9 Å². The lowest BCUT2D eigenvalue weighted by atomic mass is 10.0. The molecular formula is C15H17BrN2O. The van der Waals surface area contributed by atoms with E-state index in [-0.39, 0.29) is 0 Å². The number of nitrogens with zero attached hydrogens (tertiary/aromatic N) is 1. The van der Waals surface area contributed by atoms with Gasteiger partial charge in [-0.2, -0.15) is 0 Å². The Hall–Kier alpha value is -1.39. The molecule has 0 radical (unpaired) electrons. The molecule has 1 heterocycles. The lowest BCUT2D eigenvalue weighted by molar-refractivity contribution is 0.448. The van der Waals surface area contributed by atoms with Crippen LogP contribution in [-0.4, -0.2) is 4.98 Å². The second-order valence-corrected chi connectivity index (χ2v) is 5.53. The molecule has 0 aliphatic carbocycles. The summed E-state index contributed by atoms with van der Waals surface area (Å²) in [5.74, 6) is 1.80. The van der Waals surface area contributed by atoms with Crippen molar-refractivity contribution in [1.82, 2.24) is 4.98 Å². The Bertz CT molecular complexity index is 570. The van der Waals surface area contributed by atoms with Gasteiger partial charge < -0.3 is 10.5 Å². The minimum atomic E-state index is 0.394. The van der Waals surface area contributed by atoms with Gasteiger partial charge in [0.2, 0.25) is 5.88 Å². The first kappa shape index (κ1) is 14.0. The standard InChI is InChI=1S/C15H17BrN2O/c1-10(2)13-5-3-4-6-14(13)19-15-11(8-17)7-12(16)9-18-15/h3-7,9-10H,8,17H2,1-2H3. The predicted octanol–water partition coefficient (Wildman–Crippen LogP) is 4.22. The number of ether oxygens (including phenoxy) is 1. The SMILES string of the molecule is CC(C)c1ccccc1Oc1ncc(Br)cc1CN. The Morgan fingerprint density at radius 2 is 2.05 bits per heavy atom. The monoisotopic (exact) mass is 320 g/mol. The van der Waals surface area contributed by atoms with Crippen molar-refractivity contribution in [2.75, 3.05) is 0 Å². The molecule has 0 atom stereocenters. The van der Waals surface area contributed by atoms with Crippen molar-refractivity contribution in [2.45, 2.75) is 26.3 Å². The molecule has 4 heteroatoms. The fourth-order valence-corrected chi connectivity index (χ4v) is 2.24. The zero-order chi connectivity index (χ0) is 13.8. The highest BCUT2D eigenvalue weighted by Crippen LogP contribution is 2.31. The van der Waals surface area contributed by atoms with Gasteiger partial charge in [-0.25, -0.2) is 4.98 Å². The van der Waals surface area contributed by atoms with Gasteiger partial charge in [0.1, 0.15) is 5.75 Å². The molecule has 19 heavy (non-hydrogen) atoms. The van der Waals surface area contributed by atoms with E-state index < -0.39 is 0 Å². The van der Waals surface area contributed by atoms with Gasteiger partial charge in [0.15, 0.2) is 0 Å². The highest BCUT2D eigenvalue weighted by atomic mass is 79.9. The molecule has 0 spiro atoms. The average molecular weight is 321 g/mol. The molecule has 1 aromatic heterocycles. The predicted molar refractivity (Wildman–Crippen MR) is 80.4 cm³/mol. The number of aromatic nitrogens is 1. The molecule has 0 saturated carbocycles. The fourth-order valence-electron chi connectivity index (χ4n) is 1.86. The molecule has 1 aromatic carbocycles. The summed E-state index contributed by atoms with van der Waals surface area (Å²) in [5, 5.41) is 0. The third-order valence-electron chi connectivity index (χ3n) is 2.86. The van der Waals surface area contributed by atoms with Crippen molar-refractivity contribution in [3.05, 3.63) is 52.1 Å². The number of benzene rings is 1. The normalized spacial score (nSPS) is 10.8. The van der Waals surface area contributed by atoms with Crippen LogP contribution in [0, 0.1) is 0 Å². The molecule has 0 bridgehead atoms. The highest BCUT2D eigenvalue weighted by molar-refractivity contribution is 9.10. The molecule has 2 aromatic rings. The van der Waals surface area contributed by atoms with Crippen LogP contribution in [-0.2, 0) is 6.54 Å². The van der Waals surface area contributed by atoms with Crippen LogP contribution in [0.2, 0.25) is 0 Å². The molecule has 2 N–H and O–H groups in total. The Labute approximate surface area is 121 Å². The summed E-state index contributed by atoms with van der Waals surface area (Å²) < 4.78 is 6.84. The van der Waals surface area contributed by atoms with E-state index in [9.17, 15) is 0 Å². The molecule has 100 valence electrons. The molecule has 0 aliphatic heterocycles. The van der Waals surface area contributed by atoms with Crippen LogP contribution in [0.5, 0.6) is 11.6 Å². The van der Waals surface area contributed by atoms with Crippen molar-refractivity contribution in [3.8, 4) is 11.6 Å². The van der Waals surface area contributed by atoms with Gasteiger partial charge in [0.05, 0.1) is 0 Å². The fraction of sp³-hybridized carbons (Fsp3) is 0.267. The van der Waals surface area contributed by atoms with Crippen molar-refractivity contribution in [2.24, 2.45) is 5.73 Å². The Morgan fingerprint density at radius 3 is 2.74 bits per heavy atom. The van der Waals surface area contributed by atoms with E-state index in [1.165, 1.54) is 0 Å². The first-order chi connectivity index (χ1) is 9.11. The summed E-state index contributed by atoms with van der Waals surface area (Å²) >= 11 is 3.39. The summed E-state index contributed by atoms with van der Waals surface area (Å²) in [6, 6.07) is 9.93. The number of pyridine rings is 1. The lowest BCUT2D eigenvalue weighted by Gasteiger charge is -2.14. The minimum absolute atomic E-state index is 0.394. The van der Waals surface area contributed by atoms with E-state index in [1.54, 1.807) is 6.20 Å². The van der Waals surface area contributed by atoms with Gasteiger partial charge in [-0.15, -0.1) is 0 Å². The first-order valence-corrected chi connectivity index (χ1v) is 7.02. The largest absolute Gasteiger partial charge is 0.438 e. The molecule has 0 saturated heterocycles. The number of nitrogens with two attached hydrogens (primary N) is 1. The van der Waals surface area contributed by atoms with E-state index in [4.69, 9.17) is 10.5 Å². The van der Waals surface area contributed by atoms with Gasteiger partial charge >= 0.3 is 0 Å². The topological polar surface area (TPSA) is 48.1 Å². The Morgan fingerprint density at radius 1 is 1.32 bits per heavy atom. The summed E-state index contributed by atoms with van der Waals surface area (Å²) in [6.07, 6.45) is 1.71. The van der Waals surface area contributed by atoms with E-state index in [0.717, 1.165) is 21.3 Å². The van der Waals surface area contributed by atoms with Gasteiger partial charge in [-0.05, 0) is 39.5 Å². The van der Waals surface area contributed by atoms with Crippen LogP contribution in [0.25, 0.3) is 0 Å². The Balaban J connectivity index is 2.36. The van der Waals surface area contributed by atoms with E-state index in [2.05, 4.69) is 40.8 Å². The second kappa shape index (κ2) is 6.17. The average Bonchev–Trinajstić information content (AvgIpc) is 2.41. The lowest BCUT2D eigenvalue weighted by Crippen LogP contribution is -2.02. The summed E-state index contributed by atoms with van der Waals surface area (Å²) in [7, 11) is 0. The second-order valence-electron chi connectivity index (χ2n) is 4.62. The number of halogens is 1. The maximum Gasteiger partial charge on any atom is 0.223 e. The van der Waals surface area contributed by atoms with Crippen LogP contribution in [0.15, 0.2) is 41.0 Å². The maximum absolute atomic E-state index is 5.94. The molecule has 0 amide bonds. The van der Waals surface area contributed by atoms with Crippen molar-refractivity contribution in [1.29, 1.82) is 0 Å². The molecule has 2 rings (SSSR count). The number of hydrogen-bond donors (Lipinski definition) is 1. The van der Waals surface area contributed by atoms with Gasteiger partial charge in [-0.1, -0.05) is 32.0 Å². The highest BCUT2D eigenvalue weighted by Gasteiger charge is 2.11. The zero-order valence-corrected chi connectivity index (χ0v) is 12.6. The van der Waals surface area contributed by atoms with Gasteiger partial charge in [0.25, 0.3) is 0 Å². The van der Waals surface area contributed by atoms with E-state index >= 15 is 0 Å². The summed E-state index contributed by atoms with van der Waals surface area (Å²) in [5.41, 5.74) is 7.77. The van der Waals surface area contributed by atoms with Gasteiger partial charge in [0, 0.05) is 22.8 Å². The van der Waals surface area contributed by atoms with E-state index in [0.29, 0.717) is 18.3 Å². The van der Waals surface area contributed by atoms with Crippen LogP contribution in [0.3, 0.4) is 0 Å². The number of hydrogen-bond acceptors (Lipinski definition) is 3. The van der Waals surface area contributed by atoms with Crippen LogP contribution >= 0.6 is 15.9 Å². The van der Waals surface area contributed by atoms with Crippen molar-refractivity contribution < 1.29 is 4.74 Å². The zero-order valence-electron chi connectivity index (χ0n) is 11.1. The summed E-state index contributed by atoms with van der Waals surface area (Å²) in [4.78, 5) is 4.30. The molecular weight excluding hydrogens is 304 g/mol. The first-order valence-electron chi connectivity index (χ1n) is 6.23.